The highest BCUT2D eigenvalue weighted by Crippen LogP contribution is 2.20. The predicted octanol–water partition coefficient (Wildman–Crippen LogP) is 2.66. The molecule has 0 aliphatic heterocycles. The SMILES string of the molecule is C[C@@H](NC(=S)NC1CC1)c1ccc(NC(=O)NC2CC2)cc1. The average Bonchev–Trinajstić information content (AvgIpc) is 3.36. The first-order valence-electron chi connectivity index (χ1n) is 7.84. The van der Waals surface area contributed by atoms with Gasteiger partial charge >= 0.3 is 6.03 Å². The minimum absolute atomic E-state index is 0.128. The maximum Gasteiger partial charge on any atom is 0.319 e. The molecule has 2 fully saturated rings. The first kappa shape index (κ1) is 15.1. The summed E-state index contributed by atoms with van der Waals surface area (Å²) in [5, 5.41) is 13.0. The van der Waals surface area contributed by atoms with Crippen LogP contribution in [0.4, 0.5) is 10.5 Å². The molecule has 0 bridgehead atoms. The lowest BCUT2D eigenvalue weighted by atomic mass is 10.1. The first-order chi connectivity index (χ1) is 10.6. The highest BCUT2D eigenvalue weighted by atomic mass is 32.1. The fourth-order valence-electron chi connectivity index (χ4n) is 2.17. The van der Waals surface area contributed by atoms with Crippen LogP contribution in [0.3, 0.4) is 0 Å². The molecule has 5 nitrogen and oxygen atoms in total. The number of anilines is 1. The number of rotatable bonds is 5. The van der Waals surface area contributed by atoms with E-state index in [1.807, 2.05) is 24.3 Å². The molecule has 3 rings (SSSR count). The van der Waals surface area contributed by atoms with Crippen molar-refractivity contribution in [3.05, 3.63) is 29.8 Å². The monoisotopic (exact) mass is 318 g/mol. The number of thiocarbonyl (C=S) groups is 1. The molecule has 4 N–H and O–H groups in total. The summed E-state index contributed by atoms with van der Waals surface area (Å²) in [6.45, 7) is 2.07. The van der Waals surface area contributed by atoms with Crippen LogP contribution in [0, 0.1) is 0 Å². The summed E-state index contributed by atoms with van der Waals surface area (Å²) in [5.74, 6) is 0. The van der Waals surface area contributed by atoms with Gasteiger partial charge in [0.05, 0.1) is 6.04 Å². The van der Waals surface area contributed by atoms with Gasteiger partial charge in [-0.15, -0.1) is 0 Å². The molecule has 0 radical (unpaired) electrons. The van der Waals surface area contributed by atoms with E-state index in [1.54, 1.807) is 0 Å². The van der Waals surface area contributed by atoms with E-state index in [-0.39, 0.29) is 12.1 Å². The van der Waals surface area contributed by atoms with Crippen LogP contribution in [0.5, 0.6) is 0 Å². The van der Waals surface area contributed by atoms with Crippen molar-refractivity contribution in [1.82, 2.24) is 16.0 Å². The molecule has 0 unspecified atom stereocenters. The number of carbonyl (C=O) groups excluding carboxylic acids is 1. The van der Waals surface area contributed by atoms with Gasteiger partial charge < -0.3 is 21.3 Å². The second-order valence-electron chi connectivity index (χ2n) is 6.11. The van der Waals surface area contributed by atoms with Gasteiger partial charge in [-0.3, -0.25) is 0 Å². The minimum Gasteiger partial charge on any atom is -0.360 e. The van der Waals surface area contributed by atoms with E-state index in [9.17, 15) is 4.79 Å². The maximum atomic E-state index is 11.7. The van der Waals surface area contributed by atoms with Crippen molar-refractivity contribution in [2.24, 2.45) is 0 Å². The minimum atomic E-state index is -0.128. The Morgan fingerprint density at radius 2 is 1.68 bits per heavy atom. The number of benzene rings is 1. The molecule has 1 atom stereocenters. The zero-order valence-electron chi connectivity index (χ0n) is 12.7. The van der Waals surface area contributed by atoms with Gasteiger partial charge in [0, 0.05) is 17.8 Å². The molecular formula is C16H22N4OS. The summed E-state index contributed by atoms with van der Waals surface area (Å²) in [6, 6.07) is 8.76. The predicted molar refractivity (Wildman–Crippen MR) is 91.9 cm³/mol. The lowest BCUT2D eigenvalue weighted by Crippen LogP contribution is -2.37. The smallest absolute Gasteiger partial charge is 0.319 e. The molecule has 2 aliphatic carbocycles. The van der Waals surface area contributed by atoms with Crippen LogP contribution in [0.15, 0.2) is 24.3 Å². The largest absolute Gasteiger partial charge is 0.360 e. The lowest BCUT2D eigenvalue weighted by molar-refractivity contribution is 0.251. The molecule has 0 heterocycles. The van der Waals surface area contributed by atoms with Gasteiger partial charge in [0.1, 0.15) is 0 Å². The summed E-state index contributed by atoms with van der Waals surface area (Å²) >= 11 is 5.29. The topological polar surface area (TPSA) is 65.2 Å². The Labute approximate surface area is 136 Å². The lowest BCUT2D eigenvalue weighted by Gasteiger charge is -2.17. The van der Waals surface area contributed by atoms with Crippen molar-refractivity contribution in [3.63, 3.8) is 0 Å². The number of hydrogen-bond acceptors (Lipinski definition) is 2. The Bertz CT molecular complexity index is 552. The Morgan fingerprint density at radius 3 is 2.27 bits per heavy atom. The van der Waals surface area contributed by atoms with Crippen LogP contribution in [0.25, 0.3) is 0 Å². The molecule has 0 aromatic heterocycles. The molecule has 6 heteroatoms. The third kappa shape index (κ3) is 4.59. The van der Waals surface area contributed by atoms with E-state index < -0.39 is 0 Å². The fourth-order valence-corrected chi connectivity index (χ4v) is 2.51. The number of hydrogen-bond donors (Lipinski definition) is 4. The number of carbonyl (C=O) groups is 1. The van der Waals surface area contributed by atoms with Gasteiger partial charge in [-0.2, -0.15) is 0 Å². The molecule has 118 valence electrons. The second kappa shape index (κ2) is 6.52. The zero-order chi connectivity index (χ0) is 15.5. The molecule has 2 saturated carbocycles. The van der Waals surface area contributed by atoms with Crippen LogP contribution >= 0.6 is 12.2 Å². The highest BCUT2D eigenvalue weighted by Gasteiger charge is 2.23. The summed E-state index contributed by atoms with van der Waals surface area (Å²) in [4.78, 5) is 11.7. The molecule has 2 amide bonds. The van der Waals surface area contributed by atoms with Crippen molar-refractivity contribution >= 4 is 29.0 Å². The molecule has 1 aromatic rings. The molecule has 0 spiro atoms. The average molecular weight is 318 g/mol. The molecule has 1 aromatic carbocycles. The third-order valence-electron chi connectivity index (χ3n) is 3.84. The molecule has 22 heavy (non-hydrogen) atoms. The third-order valence-corrected chi connectivity index (χ3v) is 4.08. The van der Waals surface area contributed by atoms with E-state index >= 15 is 0 Å². The second-order valence-corrected chi connectivity index (χ2v) is 6.52. The van der Waals surface area contributed by atoms with Crippen molar-refractivity contribution in [2.75, 3.05) is 5.32 Å². The van der Waals surface area contributed by atoms with E-state index in [2.05, 4.69) is 28.2 Å². The number of amides is 2. The van der Waals surface area contributed by atoms with Crippen molar-refractivity contribution < 1.29 is 4.79 Å². The van der Waals surface area contributed by atoms with Crippen LogP contribution in [-0.4, -0.2) is 23.2 Å². The summed E-state index contributed by atoms with van der Waals surface area (Å²) < 4.78 is 0. The maximum absolute atomic E-state index is 11.7. The standard InChI is InChI=1S/C16H22N4OS/c1-10(17-16(22)20-14-8-9-14)11-2-4-12(5-3-11)18-15(21)19-13-6-7-13/h2-5,10,13-14H,6-9H2,1H3,(H2,17,20,22)(H2,18,19,21)/t10-/m1/s1. The van der Waals surface area contributed by atoms with E-state index in [1.165, 1.54) is 12.8 Å². The molecule has 2 aliphatic rings. The summed E-state index contributed by atoms with van der Waals surface area (Å²) in [6.07, 6.45) is 4.59. The number of nitrogens with one attached hydrogen (secondary N) is 4. The molecule has 0 saturated heterocycles. The first-order valence-corrected chi connectivity index (χ1v) is 8.25. The van der Waals surface area contributed by atoms with Gasteiger partial charge in [-0.25, -0.2) is 4.79 Å². The van der Waals surface area contributed by atoms with Crippen LogP contribution in [-0.2, 0) is 0 Å². The van der Waals surface area contributed by atoms with Crippen LogP contribution in [0.1, 0.15) is 44.2 Å². The van der Waals surface area contributed by atoms with Crippen LogP contribution < -0.4 is 21.3 Å². The summed E-state index contributed by atoms with van der Waals surface area (Å²) in [7, 11) is 0. The fraction of sp³-hybridized carbons (Fsp3) is 0.500. The van der Waals surface area contributed by atoms with Crippen molar-refractivity contribution in [1.29, 1.82) is 0 Å². The Balaban J connectivity index is 1.48. The normalized spacial score (nSPS) is 18.2. The quantitative estimate of drug-likeness (QED) is 0.630. The summed E-state index contributed by atoms with van der Waals surface area (Å²) in [5.41, 5.74) is 1.93. The van der Waals surface area contributed by atoms with E-state index in [4.69, 9.17) is 12.2 Å². The Morgan fingerprint density at radius 1 is 1.09 bits per heavy atom. The van der Waals surface area contributed by atoms with Gasteiger partial charge in [0.25, 0.3) is 0 Å². The Hall–Kier alpha value is -1.82. The number of urea groups is 1. The van der Waals surface area contributed by atoms with Gasteiger partial charge in [-0.1, -0.05) is 12.1 Å². The highest BCUT2D eigenvalue weighted by molar-refractivity contribution is 7.80. The zero-order valence-corrected chi connectivity index (χ0v) is 13.5. The van der Waals surface area contributed by atoms with Crippen molar-refractivity contribution in [3.8, 4) is 0 Å². The van der Waals surface area contributed by atoms with Gasteiger partial charge in [-0.05, 0) is 62.5 Å². The van der Waals surface area contributed by atoms with E-state index in [0.29, 0.717) is 17.2 Å². The Kier molecular flexibility index (Phi) is 4.47. The van der Waals surface area contributed by atoms with Crippen LogP contribution in [0.2, 0.25) is 0 Å². The van der Waals surface area contributed by atoms with Gasteiger partial charge in [0.15, 0.2) is 5.11 Å². The van der Waals surface area contributed by atoms with Crippen molar-refractivity contribution in [2.45, 2.75) is 50.7 Å². The van der Waals surface area contributed by atoms with Gasteiger partial charge in [0.2, 0.25) is 0 Å². The molecular weight excluding hydrogens is 296 g/mol. The van der Waals surface area contributed by atoms with E-state index in [0.717, 1.165) is 24.1 Å².